The molecular formula is C23H26N4S. The number of nitrogens with one attached hydrogen (secondary N) is 2. The van der Waals surface area contributed by atoms with Crippen molar-refractivity contribution >= 4 is 29.2 Å². The number of rotatable bonds is 6. The van der Waals surface area contributed by atoms with E-state index in [9.17, 15) is 0 Å². The molecule has 0 atom stereocenters. The van der Waals surface area contributed by atoms with Gasteiger partial charge in [-0.15, -0.1) is 0 Å². The molecule has 1 heterocycles. The molecule has 0 bridgehead atoms. The van der Waals surface area contributed by atoms with Crippen LogP contribution in [0, 0.1) is 6.92 Å². The molecule has 1 aromatic heterocycles. The van der Waals surface area contributed by atoms with Crippen LogP contribution in [-0.2, 0) is 6.54 Å². The Morgan fingerprint density at radius 2 is 1.82 bits per heavy atom. The summed E-state index contributed by atoms with van der Waals surface area (Å²) in [6, 6.07) is 20.7. The van der Waals surface area contributed by atoms with Crippen LogP contribution in [0.3, 0.4) is 0 Å². The quantitative estimate of drug-likeness (QED) is 0.341. The highest BCUT2D eigenvalue weighted by Gasteiger charge is 2.03. The summed E-state index contributed by atoms with van der Waals surface area (Å²) in [6.07, 6.45) is 3.84. The lowest BCUT2D eigenvalue weighted by Crippen LogP contribution is -2.24. The van der Waals surface area contributed by atoms with Gasteiger partial charge in [-0.05, 0) is 66.0 Å². The minimum Gasteiger partial charge on any atom is -0.342 e. The zero-order valence-corrected chi connectivity index (χ0v) is 17.3. The van der Waals surface area contributed by atoms with Crippen molar-refractivity contribution in [3.63, 3.8) is 0 Å². The van der Waals surface area contributed by atoms with Gasteiger partial charge in [0.05, 0.1) is 11.9 Å². The van der Waals surface area contributed by atoms with Crippen molar-refractivity contribution < 1.29 is 0 Å². The van der Waals surface area contributed by atoms with E-state index in [4.69, 9.17) is 12.2 Å². The van der Waals surface area contributed by atoms with Crippen LogP contribution in [-0.4, -0.2) is 15.9 Å². The van der Waals surface area contributed by atoms with Crippen LogP contribution in [0.1, 0.15) is 42.1 Å². The molecule has 2 N–H and O–H groups in total. The van der Waals surface area contributed by atoms with E-state index >= 15 is 0 Å². The highest BCUT2D eigenvalue weighted by atomic mass is 32.1. The molecule has 0 unspecified atom stereocenters. The highest BCUT2D eigenvalue weighted by Crippen LogP contribution is 2.17. The number of aromatic nitrogens is 1. The zero-order valence-electron chi connectivity index (χ0n) is 16.5. The Bertz CT molecular complexity index is 955. The largest absolute Gasteiger partial charge is 0.342 e. The van der Waals surface area contributed by atoms with Gasteiger partial charge < -0.3 is 9.88 Å². The molecule has 5 heteroatoms. The Labute approximate surface area is 172 Å². The molecule has 3 rings (SSSR count). The SMILES string of the molecule is Cc1ccccc1Cn1cccc1/C=N/NC(=S)Nc1ccc(C(C)C)cc1. The Morgan fingerprint density at radius 1 is 1.07 bits per heavy atom. The molecule has 0 fully saturated rings. The summed E-state index contributed by atoms with van der Waals surface area (Å²) >= 11 is 5.33. The first-order valence-electron chi connectivity index (χ1n) is 9.42. The Morgan fingerprint density at radius 3 is 2.54 bits per heavy atom. The van der Waals surface area contributed by atoms with Crippen LogP contribution in [0.5, 0.6) is 0 Å². The van der Waals surface area contributed by atoms with Crippen molar-refractivity contribution in [1.29, 1.82) is 0 Å². The molecule has 0 saturated heterocycles. The van der Waals surface area contributed by atoms with Crippen LogP contribution in [0.2, 0.25) is 0 Å². The van der Waals surface area contributed by atoms with Gasteiger partial charge in [-0.3, -0.25) is 5.43 Å². The molecule has 0 aliphatic carbocycles. The molecule has 28 heavy (non-hydrogen) atoms. The second kappa shape index (κ2) is 9.33. The molecule has 0 saturated carbocycles. The first kappa shape index (κ1) is 19.8. The fraction of sp³-hybridized carbons (Fsp3) is 0.217. The maximum absolute atomic E-state index is 5.33. The standard InChI is InChI=1S/C23H26N4S/c1-17(2)19-10-12-21(13-11-19)25-23(28)26-24-15-22-9-6-14-27(22)16-20-8-5-4-7-18(20)3/h4-15,17H,16H2,1-3H3,(H2,25,26,28)/b24-15+. The number of benzene rings is 2. The second-order valence-corrected chi connectivity index (χ2v) is 7.50. The zero-order chi connectivity index (χ0) is 19.9. The summed E-state index contributed by atoms with van der Waals surface area (Å²) < 4.78 is 2.16. The molecule has 4 nitrogen and oxygen atoms in total. The predicted molar refractivity (Wildman–Crippen MR) is 122 cm³/mol. The van der Waals surface area contributed by atoms with Crippen molar-refractivity contribution in [1.82, 2.24) is 9.99 Å². The molecular weight excluding hydrogens is 364 g/mol. The van der Waals surface area contributed by atoms with Gasteiger partial charge in [-0.25, -0.2) is 0 Å². The minimum atomic E-state index is 0.463. The third-order valence-electron chi connectivity index (χ3n) is 4.66. The van der Waals surface area contributed by atoms with Crippen LogP contribution >= 0.6 is 12.2 Å². The minimum absolute atomic E-state index is 0.463. The average molecular weight is 391 g/mol. The van der Waals surface area contributed by atoms with Gasteiger partial charge in [0.25, 0.3) is 0 Å². The first-order valence-corrected chi connectivity index (χ1v) is 9.83. The number of nitrogens with zero attached hydrogens (tertiary/aromatic N) is 2. The molecule has 0 spiro atoms. The van der Waals surface area contributed by atoms with Crippen molar-refractivity contribution in [3.8, 4) is 0 Å². The predicted octanol–water partition coefficient (Wildman–Crippen LogP) is 5.29. The van der Waals surface area contributed by atoms with Crippen LogP contribution in [0.4, 0.5) is 5.69 Å². The summed E-state index contributed by atoms with van der Waals surface area (Å²) in [7, 11) is 0. The number of hydrazone groups is 1. The van der Waals surface area contributed by atoms with Gasteiger partial charge in [-0.1, -0.05) is 50.2 Å². The van der Waals surface area contributed by atoms with Gasteiger partial charge in [0.2, 0.25) is 0 Å². The van der Waals surface area contributed by atoms with Crippen molar-refractivity contribution in [2.24, 2.45) is 5.10 Å². The number of hydrogen-bond acceptors (Lipinski definition) is 2. The Balaban J connectivity index is 1.57. The molecule has 0 radical (unpaired) electrons. The fourth-order valence-electron chi connectivity index (χ4n) is 2.93. The highest BCUT2D eigenvalue weighted by molar-refractivity contribution is 7.80. The molecule has 3 aromatic rings. The van der Waals surface area contributed by atoms with E-state index in [-0.39, 0.29) is 0 Å². The third kappa shape index (κ3) is 5.30. The monoisotopic (exact) mass is 390 g/mol. The molecule has 0 amide bonds. The second-order valence-electron chi connectivity index (χ2n) is 7.09. The van der Waals surface area contributed by atoms with E-state index in [0.29, 0.717) is 11.0 Å². The maximum atomic E-state index is 5.33. The normalized spacial score (nSPS) is 11.1. The summed E-state index contributed by atoms with van der Waals surface area (Å²) in [5.41, 5.74) is 8.72. The van der Waals surface area contributed by atoms with Gasteiger partial charge in [0, 0.05) is 18.4 Å². The fourth-order valence-corrected chi connectivity index (χ4v) is 3.10. The lowest BCUT2D eigenvalue weighted by molar-refractivity contribution is 0.793. The van der Waals surface area contributed by atoms with Gasteiger partial charge in [0.1, 0.15) is 0 Å². The van der Waals surface area contributed by atoms with Crippen molar-refractivity contribution in [2.75, 3.05) is 5.32 Å². The number of hydrogen-bond donors (Lipinski definition) is 2. The lowest BCUT2D eigenvalue weighted by Gasteiger charge is -2.10. The van der Waals surface area contributed by atoms with E-state index in [1.165, 1.54) is 16.7 Å². The summed E-state index contributed by atoms with van der Waals surface area (Å²) in [6.45, 7) is 7.30. The Hall–Kier alpha value is -2.92. The molecule has 144 valence electrons. The van der Waals surface area contributed by atoms with E-state index in [2.05, 4.69) is 83.8 Å². The van der Waals surface area contributed by atoms with Gasteiger partial charge >= 0.3 is 0 Å². The van der Waals surface area contributed by atoms with Crippen LogP contribution in [0.15, 0.2) is 72.0 Å². The maximum Gasteiger partial charge on any atom is 0.191 e. The smallest absolute Gasteiger partial charge is 0.191 e. The molecule has 0 aliphatic heterocycles. The van der Waals surface area contributed by atoms with Gasteiger partial charge in [-0.2, -0.15) is 5.10 Å². The van der Waals surface area contributed by atoms with E-state index < -0.39 is 0 Å². The average Bonchev–Trinajstić information content (AvgIpc) is 3.11. The Kier molecular flexibility index (Phi) is 6.61. The first-order chi connectivity index (χ1) is 13.5. The topological polar surface area (TPSA) is 41.4 Å². The van der Waals surface area contributed by atoms with E-state index in [1.807, 2.05) is 24.3 Å². The van der Waals surface area contributed by atoms with E-state index in [0.717, 1.165) is 17.9 Å². The lowest BCUT2D eigenvalue weighted by atomic mass is 10.0. The van der Waals surface area contributed by atoms with Gasteiger partial charge in [0.15, 0.2) is 5.11 Å². The third-order valence-corrected chi connectivity index (χ3v) is 4.86. The summed E-state index contributed by atoms with van der Waals surface area (Å²) in [4.78, 5) is 0. The van der Waals surface area contributed by atoms with Crippen molar-refractivity contribution in [3.05, 3.63) is 89.2 Å². The van der Waals surface area contributed by atoms with Crippen LogP contribution in [0.25, 0.3) is 0 Å². The summed E-state index contributed by atoms with van der Waals surface area (Å²) in [5.74, 6) is 0.514. The molecule has 0 aliphatic rings. The van der Waals surface area contributed by atoms with Crippen LogP contribution < -0.4 is 10.7 Å². The molecule has 2 aromatic carbocycles. The summed E-state index contributed by atoms with van der Waals surface area (Å²) in [5, 5.41) is 7.89. The number of aryl methyl sites for hydroxylation is 1. The number of thiocarbonyl (C=S) groups is 1. The van der Waals surface area contributed by atoms with Crippen molar-refractivity contribution in [2.45, 2.75) is 33.2 Å². The number of anilines is 1. The van der Waals surface area contributed by atoms with E-state index in [1.54, 1.807) is 6.21 Å².